The number of benzene rings is 2. The average Bonchev–Trinajstić information content (AvgIpc) is 2.69. The predicted octanol–water partition coefficient (Wildman–Crippen LogP) is 3.26. The molecule has 0 aromatic heterocycles. The lowest BCUT2D eigenvalue weighted by Crippen LogP contribution is -2.51. The summed E-state index contributed by atoms with van der Waals surface area (Å²) in [7, 11) is 0. The van der Waals surface area contributed by atoms with Crippen LogP contribution in [0.4, 0.5) is 8.78 Å². The number of nitrogens with zero attached hydrogens (tertiary/aromatic N) is 1. The third kappa shape index (κ3) is 5.39. The van der Waals surface area contributed by atoms with Crippen LogP contribution < -0.4 is 10.1 Å². The number of alkyl halides is 2. The van der Waals surface area contributed by atoms with Crippen LogP contribution in [0.25, 0.3) is 0 Å². The Labute approximate surface area is 164 Å². The van der Waals surface area contributed by atoms with Crippen LogP contribution in [0.1, 0.15) is 17.2 Å². The number of aliphatic hydroxyl groups is 1. The largest absolute Gasteiger partial charge is 0.489 e. The van der Waals surface area contributed by atoms with E-state index in [0.717, 1.165) is 5.56 Å². The van der Waals surface area contributed by atoms with E-state index in [0.29, 0.717) is 44.1 Å². The first-order valence-corrected chi connectivity index (χ1v) is 8.81. The normalized spacial score (nSPS) is 16.4. The Kier molecular flexibility index (Phi) is 7.98. The van der Waals surface area contributed by atoms with Gasteiger partial charge < -0.3 is 15.2 Å². The second-order valence-corrected chi connectivity index (χ2v) is 6.42. The summed E-state index contributed by atoms with van der Waals surface area (Å²) in [5.74, 6) is -2.84. The summed E-state index contributed by atoms with van der Waals surface area (Å²) in [4.78, 5) is 1.72. The molecule has 1 aliphatic heterocycles. The number of rotatable bonds is 7. The fourth-order valence-electron chi connectivity index (χ4n) is 3.29. The van der Waals surface area contributed by atoms with Crippen LogP contribution in [0.15, 0.2) is 54.6 Å². The molecule has 0 aliphatic carbocycles. The molecule has 2 aromatic carbocycles. The number of halogens is 3. The fraction of sp³-hybridized carbons (Fsp3) is 0.400. The molecule has 1 heterocycles. The SMILES string of the molecule is Cl.OCC(F)(F)[C@H](c1ccccc1OCc1ccccc1)N1CCNCC1. The molecule has 1 aliphatic rings. The zero-order valence-corrected chi connectivity index (χ0v) is 15.8. The van der Waals surface area contributed by atoms with Crippen molar-refractivity contribution in [2.75, 3.05) is 32.8 Å². The van der Waals surface area contributed by atoms with Crippen molar-refractivity contribution >= 4 is 12.4 Å². The number of ether oxygens (including phenoxy) is 1. The first-order valence-electron chi connectivity index (χ1n) is 8.81. The summed E-state index contributed by atoms with van der Waals surface area (Å²) in [6, 6.07) is 15.3. The Morgan fingerprint density at radius 3 is 2.33 bits per heavy atom. The Bertz CT molecular complexity index is 697. The van der Waals surface area contributed by atoms with Gasteiger partial charge in [0.25, 0.3) is 5.92 Å². The van der Waals surface area contributed by atoms with Crippen LogP contribution in [-0.4, -0.2) is 48.7 Å². The number of piperazine rings is 1. The van der Waals surface area contributed by atoms with Crippen LogP contribution in [0.5, 0.6) is 5.75 Å². The minimum Gasteiger partial charge on any atom is -0.489 e. The van der Waals surface area contributed by atoms with Gasteiger partial charge >= 0.3 is 0 Å². The predicted molar refractivity (Wildman–Crippen MR) is 104 cm³/mol. The van der Waals surface area contributed by atoms with Gasteiger partial charge in [0.1, 0.15) is 25.0 Å². The van der Waals surface area contributed by atoms with Crippen molar-refractivity contribution in [3.05, 3.63) is 65.7 Å². The molecule has 3 rings (SSSR count). The van der Waals surface area contributed by atoms with Crippen molar-refractivity contribution < 1.29 is 18.6 Å². The van der Waals surface area contributed by atoms with Crippen LogP contribution >= 0.6 is 12.4 Å². The minimum atomic E-state index is -3.26. The van der Waals surface area contributed by atoms with Crippen LogP contribution in [-0.2, 0) is 6.61 Å². The van der Waals surface area contributed by atoms with E-state index in [2.05, 4.69) is 5.32 Å². The molecule has 148 valence electrons. The van der Waals surface area contributed by atoms with Gasteiger partial charge in [-0.05, 0) is 11.6 Å². The number of para-hydroxylation sites is 1. The third-order valence-corrected chi connectivity index (χ3v) is 4.58. The van der Waals surface area contributed by atoms with Gasteiger partial charge in [-0.15, -0.1) is 12.4 Å². The van der Waals surface area contributed by atoms with Crippen LogP contribution in [0.3, 0.4) is 0 Å². The maximum absolute atomic E-state index is 14.7. The highest BCUT2D eigenvalue weighted by Gasteiger charge is 2.45. The summed E-state index contributed by atoms with van der Waals surface area (Å²) in [6.45, 7) is 1.38. The maximum Gasteiger partial charge on any atom is 0.290 e. The second-order valence-electron chi connectivity index (χ2n) is 6.42. The maximum atomic E-state index is 14.7. The quantitative estimate of drug-likeness (QED) is 0.751. The van der Waals surface area contributed by atoms with Gasteiger partial charge in [0.15, 0.2) is 0 Å². The number of hydrogen-bond donors (Lipinski definition) is 2. The molecule has 1 fully saturated rings. The van der Waals surface area contributed by atoms with E-state index < -0.39 is 18.6 Å². The van der Waals surface area contributed by atoms with E-state index in [1.54, 1.807) is 29.2 Å². The van der Waals surface area contributed by atoms with Gasteiger partial charge in [0, 0.05) is 31.7 Å². The van der Waals surface area contributed by atoms with Gasteiger partial charge in [0.05, 0.1) is 0 Å². The van der Waals surface area contributed by atoms with Crippen molar-refractivity contribution in [1.82, 2.24) is 10.2 Å². The van der Waals surface area contributed by atoms with E-state index in [4.69, 9.17) is 4.74 Å². The molecule has 7 heteroatoms. The highest BCUT2D eigenvalue weighted by atomic mass is 35.5. The zero-order valence-electron chi connectivity index (χ0n) is 15.0. The molecule has 1 atom stereocenters. The van der Waals surface area contributed by atoms with Gasteiger partial charge in [-0.2, -0.15) is 0 Å². The summed E-state index contributed by atoms with van der Waals surface area (Å²) in [6.07, 6.45) is 0. The lowest BCUT2D eigenvalue weighted by Gasteiger charge is -2.39. The first kappa shape index (κ1) is 21.6. The molecule has 0 saturated carbocycles. The van der Waals surface area contributed by atoms with E-state index in [1.807, 2.05) is 30.3 Å². The van der Waals surface area contributed by atoms with E-state index in [-0.39, 0.29) is 12.4 Å². The molecule has 0 radical (unpaired) electrons. The molecule has 0 bridgehead atoms. The smallest absolute Gasteiger partial charge is 0.290 e. The van der Waals surface area contributed by atoms with Gasteiger partial charge in [-0.3, -0.25) is 4.90 Å². The Hall–Kier alpha value is -1.73. The van der Waals surface area contributed by atoms with Crippen LogP contribution in [0.2, 0.25) is 0 Å². The van der Waals surface area contributed by atoms with Gasteiger partial charge in [0.2, 0.25) is 0 Å². The van der Waals surface area contributed by atoms with Crippen molar-refractivity contribution in [3.8, 4) is 5.75 Å². The van der Waals surface area contributed by atoms with Crippen LogP contribution in [0, 0.1) is 0 Å². The van der Waals surface area contributed by atoms with E-state index in [9.17, 15) is 13.9 Å². The van der Waals surface area contributed by atoms with E-state index in [1.165, 1.54) is 0 Å². The summed E-state index contributed by atoms with van der Waals surface area (Å²) in [5.41, 5.74) is 1.37. The standard InChI is InChI=1S/C20H24F2N2O2.ClH/c21-20(22,15-25)19(24-12-10-23-11-13-24)17-8-4-5-9-18(17)26-14-16-6-2-1-3-7-16;/h1-9,19,23,25H,10-15H2;1H/t19-;/m0./s1. The first-order chi connectivity index (χ1) is 12.6. The third-order valence-electron chi connectivity index (χ3n) is 4.58. The molecular weight excluding hydrogens is 374 g/mol. The average molecular weight is 399 g/mol. The Morgan fingerprint density at radius 1 is 1.04 bits per heavy atom. The molecule has 0 spiro atoms. The van der Waals surface area contributed by atoms with Crippen molar-refractivity contribution in [2.24, 2.45) is 0 Å². The molecule has 1 saturated heterocycles. The molecular formula is C20H25ClF2N2O2. The summed E-state index contributed by atoms with van der Waals surface area (Å²) < 4.78 is 35.2. The van der Waals surface area contributed by atoms with E-state index >= 15 is 0 Å². The number of aliphatic hydroxyl groups excluding tert-OH is 1. The summed E-state index contributed by atoms with van der Waals surface area (Å²) in [5, 5.41) is 12.5. The number of nitrogens with one attached hydrogen (secondary N) is 1. The highest BCUT2D eigenvalue weighted by Crippen LogP contribution is 2.40. The molecule has 0 unspecified atom stereocenters. The molecule has 2 N–H and O–H groups in total. The second kappa shape index (κ2) is 9.99. The van der Waals surface area contributed by atoms with Gasteiger partial charge in [-0.1, -0.05) is 48.5 Å². The lowest BCUT2D eigenvalue weighted by atomic mass is 9.97. The molecule has 4 nitrogen and oxygen atoms in total. The topological polar surface area (TPSA) is 44.7 Å². The molecule has 2 aromatic rings. The van der Waals surface area contributed by atoms with Crippen molar-refractivity contribution in [2.45, 2.75) is 18.6 Å². The fourth-order valence-corrected chi connectivity index (χ4v) is 3.29. The monoisotopic (exact) mass is 398 g/mol. The molecule has 27 heavy (non-hydrogen) atoms. The number of hydrogen-bond acceptors (Lipinski definition) is 4. The zero-order chi connectivity index (χ0) is 18.4. The van der Waals surface area contributed by atoms with Gasteiger partial charge in [-0.25, -0.2) is 8.78 Å². The Morgan fingerprint density at radius 2 is 1.67 bits per heavy atom. The Balaban J connectivity index is 0.00000261. The van der Waals surface area contributed by atoms with Crippen molar-refractivity contribution in [1.29, 1.82) is 0 Å². The summed E-state index contributed by atoms with van der Waals surface area (Å²) >= 11 is 0. The van der Waals surface area contributed by atoms with Crippen molar-refractivity contribution in [3.63, 3.8) is 0 Å². The highest BCUT2D eigenvalue weighted by molar-refractivity contribution is 5.85. The lowest BCUT2D eigenvalue weighted by molar-refractivity contribution is -0.119. The molecule has 0 amide bonds. The minimum absolute atomic E-state index is 0.